The molecule has 0 fully saturated rings. The van der Waals surface area contributed by atoms with Crippen LogP contribution in [0, 0.1) is 0 Å². The SMILES string of the molecule is CNc1cc(C(c2ccc(O)c(NC(=O)c3ccc(Oc4ccc(C(C)=O)cc4)cc3)c2)(C(F)(F)F)C(F)(F)F)ccc1O. The highest BCUT2D eigenvalue weighted by Gasteiger charge is 2.72. The molecule has 0 heterocycles. The van der Waals surface area contributed by atoms with E-state index in [2.05, 4.69) is 10.6 Å². The van der Waals surface area contributed by atoms with Crippen molar-refractivity contribution in [2.24, 2.45) is 0 Å². The number of rotatable bonds is 8. The van der Waals surface area contributed by atoms with E-state index in [-0.39, 0.29) is 22.8 Å². The lowest BCUT2D eigenvalue weighted by Crippen LogP contribution is -2.54. The van der Waals surface area contributed by atoms with Crippen LogP contribution in [0.15, 0.2) is 84.9 Å². The zero-order valence-corrected chi connectivity index (χ0v) is 23.0. The lowest BCUT2D eigenvalue weighted by molar-refractivity contribution is -0.288. The molecule has 4 rings (SSSR count). The summed E-state index contributed by atoms with van der Waals surface area (Å²) >= 11 is 0. The molecular formula is C31H24F6N2O5. The van der Waals surface area contributed by atoms with E-state index in [1.165, 1.54) is 38.2 Å². The van der Waals surface area contributed by atoms with Crippen LogP contribution in [0.3, 0.4) is 0 Å². The molecule has 0 aliphatic carbocycles. The normalized spacial score (nSPS) is 12.0. The van der Waals surface area contributed by atoms with Gasteiger partial charge in [-0.1, -0.05) is 12.1 Å². The Morgan fingerprint density at radius 2 is 1.09 bits per heavy atom. The number of benzene rings is 4. The molecule has 0 bridgehead atoms. The highest BCUT2D eigenvalue weighted by atomic mass is 19.4. The van der Waals surface area contributed by atoms with E-state index in [4.69, 9.17) is 4.74 Å². The number of ketones is 1. The van der Waals surface area contributed by atoms with Crippen LogP contribution in [0.5, 0.6) is 23.0 Å². The van der Waals surface area contributed by atoms with Gasteiger partial charge in [0.1, 0.15) is 23.0 Å². The Labute approximate surface area is 246 Å². The molecule has 0 saturated heterocycles. The number of phenols is 2. The highest BCUT2D eigenvalue weighted by molar-refractivity contribution is 6.05. The molecule has 7 nitrogen and oxygen atoms in total. The molecule has 1 amide bonds. The number of hydrogen-bond acceptors (Lipinski definition) is 6. The van der Waals surface area contributed by atoms with Gasteiger partial charge in [-0.3, -0.25) is 9.59 Å². The molecule has 0 aliphatic rings. The molecule has 0 aromatic heterocycles. The number of hydrogen-bond donors (Lipinski definition) is 4. The van der Waals surface area contributed by atoms with Gasteiger partial charge in [0, 0.05) is 18.2 Å². The number of amides is 1. The average Bonchev–Trinajstić information content (AvgIpc) is 2.95. The minimum absolute atomic E-state index is 0.0517. The average molecular weight is 619 g/mol. The first kappa shape index (κ1) is 31.7. The number of aromatic hydroxyl groups is 2. The summed E-state index contributed by atoms with van der Waals surface area (Å²) in [7, 11) is 1.21. The van der Waals surface area contributed by atoms with Crippen LogP contribution >= 0.6 is 0 Å². The van der Waals surface area contributed by atoms with Crippen molar-refractivity contribution >= 4 is 23.1 Å². The predicted molar refractivity (Wildman–Crippen MR) is 150 cm³/mol. The minimum Gasteiger partial charge on any atom is -0.506 e. The van der Waals surface area contributed by atoms with Gasteiger partial charge in [0.2, 0.25) is 5.41 Å². The maximum absolute atomic E-state index is 14.6. The summed E-state index contributed by atoms with van der Waals surface area (Å²) in [6.45, 7) is 1.41. The minimum atomic E-state index is -5.95. The molecule has 0 saturated carbocycles. The fourth-order valence-corrected chi connectivity index (χ4v) is 4.58. The molecule has 230 valence electrons. The Bertz CT molecular complexity index is 1670. The molecule has 0 atom stereocenters. The molecular weight excluding hydrogens is 594 g/mol. The Hall–Kier alpha value is -5.20. The summed E-state index contributed by atoms with van der Waals surface area (Å²) in [5.74, 6) is -1.75. The second-order valence-electron chi connectivity index (χ2n) is 9.62. The second-order valence-corrected chi connectivity index (χ2v) is 9.62. The summed E-state index contributed by atoms with van der Waals surface area (Å²) in [4.78, 5) is 24.3. The molecule has 4 N–H and O–H groups in total. The summed E-state index contributed by atoms with van der Waals surface area (Å²) in [5, 5.41) is 24.7. The second kappa shape index (κ2) is 11.8. The van der Waals surface area contributed by atoms with Crippen molar-refractivity contribution in [3.8, 4) is 23.0 Å². The quantitative estimate of drug-likeness (QED) is 0.0912. The van der Waals surface area contributed by atoms with E-state index in [0.29, 0.717) is 47.7 Å². The van der Waals surface area contributed by atoms with Crippen molar-refractivity contribution < 1.29 is 50.9 Å². The third-order valence-corrected chi connectivity index (χ3v) is 6.84. The summed E-state index contributed by atoms with van der Waals surface area (Å²) in [5.41, 5.74) is -7.85. The maximum Gasteiger partial charge on any atom is 0.411 e. The van der Waals surface area contributed by atoms with E-state index >= 15 is 0 Å². The van der Waals surface area contributed by atoms with Crippen LogP contribution in [0.25, 0.3) is 0 Å². The molecule has 0 spiro atoms. The molecule has 44 heavy (non-hydrogen) atoms. The van der Waals surface area contributed by atoms with Gasteiger partial charge < -0.3 is 25.6 Å². The maximum atomic E-state index is 14.6. The van der Waals surface area contributed by atoms with Gasteiger partial charge in [-0.15, -0.1) is 0 Å². The van der Waals surface area contributed by atoms with Gasteiger partial charge in [0.05, 0.1) is 11.4 Å². The first-order valence-corrected chi connectivity index (χ1v) is 12.8. The van der Waals surface area contributed by atoms with Gasteiger partial charge in [0.15, 0.2) is 5.78 Å². The zero-order chi connectivity index (χ0) is 32.4. The summed E-state index contributed by atoms with van der Waals surface area (Å²) in [6, 6.07) is 14.8. The Morgan fingerprint density at radius 1 is 0.659 bits per heavy atom. The van der Waals surface area contributed by atoms with Crippen molar-refractivity contribution in [2.45, 2.75) is 24.7 Å². The van der Waals surface area contributed by atoms with Crippen LogP contribution in [-0.4, -0.2) is 41.3 Å². The van der Waals surface area contributed by atoms with Crippen molar-refractivity contribution in [2.75, 3.05) is 17.7 Å². The number of alkyl halides is 6. The predicted octanol–water partition coefficient (Wildman–Crippen LogP) is 7.80. The van der Waals surface area contributed by atoms with Crippen LogP contribution in [-0.2, 0) is 5.41 Å². The van der Waals surface area contributed by atoms with E-state index in [1.807, 2.05) is 0 Å². The van der Waals surface area contributed by atoms with Crippen molar-refractivity contribution in [3.05, 3.63) is 107 Å². The third-order valence-electron chi connectivity index (χ3n) is 6.84. The largest absolute Gasteiger partial charge is 0.506 e. The van der Waals surface area contributed by atoms with Gasteiger partial charge >= 0.3 is 12.4 Å². The number of ether oxygens (including phenoxy) is 1. The third kappa shape index (κ3) is 5.98. The van der Waals surface area contributed by atoms with Gasteiger partial charge in [-0.2, -0.15) is 26.3 Å². The number of nitrogens with one attached hydrogen (secondary N) is 2. The summed E-state index contributed by atoms with van der Waals surface area (Å²) in [6.07, 6.45) is -11.9. The standard InChI is InChI=1S/C31H24F6N2O5/c1-17(40)18-3-9-22(10-4-18)44-23-11-5-19(6-12-23)28(43)39-25-16-21(8-14-27(25)42)29(30(32,33)34,31(35,36)37)20-7-13-26(41)24(15-20)38-2/h3-16,38,41-42H,1-2H3,(H,39,43). The first-order valence-electron chi connectivity index (χ1n) is 12.8. The molecule has 4 aromatic rings. The Kier molecular flexibility index (Phi) is 8.53. The number of halogens is 6. The Morgan fingerprint density at radius 3 is 1.52 bits per heavy atom. The van der Waals surface area contributed by atoms with E-state index in [1.54, 1.807) is 24.3 Å². The topological polar surface area (TPSA) is 108 Å². The fraction of sp³-hybridized carbons (Fsp3) is 0.161. The number of carbonyl (C=O) groups is 2. The van der Waals surface area contributed by atoms with Gasteiger partial charge in [0.25, 0.3) is 5.91 Å². The monoisotopic (exact) mass is 618 g/mol. The molecule has 0 unspecified atom stereocenters. The van der Waals surface area contributed by atoms with E-state index < -0.39 is 52.0 Å². The summed E-state index contributed by atoms with van der Waals surface area (Å²) < 4.78 is 93.3. The number of carbonyl (C=O) groups excluding carboxylic acids is 2. The van der Waals surface area contributed by atoms with Gasteiger partial charge in [-0.05, 0) is 90.8 Å². The first-order chi connectivity index (χ1) is 20.6. The molecule has 0 radical (unpaired) electrons. The smallest absolute Gasteiger partial charge is 0.411 e. The van der Waals surface area contributed by atoms with Crippen LogP contribution in [0.4, 0.5) is 37.7 Å². The van der Waals surface area contributed by atoms with Crippen LogP contribution in [0.1, 0.15) is 38.8 Å². The fourth-order valence-electron chi connectivity index (χ4n) is 4.58. The van der Waals surface area contributed by atoms with E-state index in [0.717, 1.165) is 0 Å². The van der Waals surface area contributed by atoms with Crippen molar-refractivity contribution in [1.82, 2.24) is 0 Å². The van der Waals surface area contributed by atoms with Crippen molar-refractivity contribution in [1.29, 1.82) is 0 Å². The van der Waals surface area contributed by atoms with E-state index in [9.17, 15) is 46.1 Å². The van der Waals surface area contributed by atoms with Crippen molar-refractivity contribution in [3.63, 3.8) is 0 Å². The zero-order valence-electron chi connectivity index (χ0n) is 23.0. The van der Waals surface area contributed by atoms with Crippen LogP contribution < -0.4 is 15.4 Å². The number of phenolic OH excluding ortho intramolecular Hbond substituents is 2. The Balaban J connectivity index is 1.67. The van der Waals surface area contributed by atoms with Crippen LogP contribution in [0.2, 0.25) is 0 Å². The number of anilines is 2. The molecule has 0 aliphatic heterocycles. The lowest BCUT2D eigenvalue weighted by atomic mass is 9.72. The lowest BCUT2D eigenvalue weighted by Gasteiger charge is -2.38. The van der Waals surface area contributed by atoms with Gasteiger partial charge in [-0.25, -0.2) is 0 Å². The molecule has 4 aromatic carbocycles. The molecule has 13 heteroatoms. The number of Topliss-reactive ketones (excluding diaryl/α,β-unsaturated/α-hetero) is 1. The highest BCUT2D eigenvalue weighted by Crippen LogP contribution is 2.57.